The fourth-order valence-corrected chi connectivity index (χ4v) is 7.12. The van der Waals surface area contributed by atoms with Crippen molar-refractivity contribution in [3.8, 4) is 0 Å². The lowest BCUT2D eigenvalue weighted by molar-refractivity contribution is -0.167. The molecule has 0 aromatic rings. The lowest BCUT2D eigenvalue weighted by atomic mass is 10.1. The molecule has 0 spiro atoms. The van der Waals surface area contributed by atoms with Gasteiger partial charge in [-0.15, -0.1) is 0 Å². The number of allylic oxidation sites excluding steroid dienone is 8. The smallest absolute Gasteiger partial charge is 0.306 e. The third-order valence-electron chi connectivity index (χ3n) is 11.0. The van der Waals surface area contributed by atoms with Gasteiger partial charge < -0.3 is 14.2 Å². The van der Waals surface area contributed by atoms with Gasteiger partial charge in [0.05, 0.1) is 0 Å². The second-order valence-corrected chi connectivity index (χ2v) is 17.1. The van der Waals surface area contributed by atoms with Crippen molar-refractivity contribution < 1.29 is 28.6 Å². The highest BCUT2D eigenvalue weighted by Crippen LogP contribution is 2.14. The Morgan fingerprint density at radius 1 is 0.333 bits per heavy atom. The van der Waals surface area contributed by atoms with Gasteiger partial charge in [0.1, 0.15) is 13.2 Å². The van der Waals surface area contributed by atoms with Gasteiger partial charge in [-0.2, -0.15) is 0 Å². The van der Waals surface area contributed by atoms with Crippen LogP contribution >= 0.6 is 0 Å². The molecule has 0 aliphatic rings. The number of rotatable bonds is 46. The number of carbonyl (C=O) groups excluding carboxylic acids is 3. The second kappa shape index (κ2) is 49.0. The van der Waals surface area contributed by atoms with Crippen LogP contribution < -0.4 is 0 Å². The van der Waals surface area contributed by atoms with Crippen LogP contribution in [0.1, 0.15) is 258 Å². The molecule has 6 nitrogen and oxygen atoms in total. The van der Waals surface area contributed by atoms with Crippen LogP contribution in [-0.4, -0.2) is 37.2 Å². The van der Waals surface area contributed by atoms with E-state index in [0.29, 0.717) is 19.3 Å². The molecule has 0 N–H and O–H groups in total. The van der Waals surface area contributed by atoms with Crippen molar-refractivity contribution in [2.75, 3.05) is 13.2 Å². The van der Waals surface area contributed by atoms with Crippen molar-refractivity contribution in [3.63, 3.8) is 0 Å². The SMILES string of the molecule is CCC/C=C\C/C=C\CCCCCCCC(=O)OCC(COC(=O)CCCCCCC/C=C\CCCCCCCC)OC(=O)CCCCCCC/C=C\CCCCCCC. The average Bonchev–Trinajstić information content (AvgIpc) is 3.24. The Balaban J connectivity index is 4.41. The summed E-state index contributed by atoms with van der Waals surface area (Å²) in [5.41, 5.74) is 0. The van der Waals surface area contributed by atoms with Crippen LogP contribution in [0.25, 0.3) is 0 Å². The van der Waals surface area contributed by atoms with Gasteiger partial charge in [0.2, 0.25) is 0 Å². The van der Waals surface area contributed by atoms with E-state index in [1.54, 1.807) is 0 Å². The molecule has 0 saturated carbocycles. The summed E-state index contributed by atoms with van der Waals surface area (Å²) in [5.74, 6) is -0.910. The average molecular weight is 841 g/mol. The maximum atomic E-state index is 12.8. The molecule has 0 aromatic heterocycles. The molecule has 1 atom stereocenters. The molecule has 348 valence electrons. The van der Waals surface area contributed by atoms with Crippen LogP contribution in [0.15, 0.2) is 48.6 Å². The summed E-state index contributed by atoms with van der Waals surface area (Å²) < 4.78 is 16.8. The van der Waals surface area contributed by atoms with E-state index in [1.165, 1.54) is 116 Å². The van der Waals surface area contributed by atoms with E-state index < -0.39 is 6.10 Å². The molecule has 0 amide bonds. The van der Waals surface area contributed by atoms with E-state index in [0.717, 1.165) is 103 Å². The van der Waals surface area contributed by atoms with Gasteiger partial charge in [0.15, 0.2) is 6.10 Å². The summed E-state index contributed by atoms with van der Waals surface area (Å²) in [7, 11) is 0. The molecule has 0 aromatic carbocycles. The molecule has 0 aliphatic heterocycles. The zero-order valence-electron chi connectivity index (χ0n) is 39.7. The van der Waals surface area contributed by atoms with Crippen molar-refractivity contribution in [1.29, 1.82) is 0 Å². The number of ether oxygens (including phenoxy) is 3. The van der Waals surface area contributed by atoms with Gasteiger partial charge in [-0.05, 0) is 96.3 Å². The lowest BCUT2D eigenvalue weighted by Crippen LogP contribution is -2.30. The second-order valence-electron chi connectivity index (χ2n) is 17.1. The topological polar surface area (TPSA) is 78.9 Å². The van der Waals surface area contributed by atoms with Gasteiger partial charge in [0.25, 0.3) is 0 Å². The molecule has 0 fully saturated rings. The summed E-state index contributed by atoms with van der Waals surface area (Å²) >= 11 is 0. The number of esters is 3. The third-order valence-corrected chi connectivity index (χ3v) is 11.0. The maximum absolute atomic E-state index is 12.8. The molecular formula is C54H96O6. The molecule has 1 unspecified atom stereocenters. The van der Waals surface area contributed by atoms with E-state index in [-0.39, 0.29) is 31.1 Å². The van der Waals surface area contributed by atoms with Gasteiger partial charge in [-0.25, -0.2) is 0 Å². The van der Waals surface area contributed by atoms with Gasteiger partial charge in [-0.3, -0.25) is 14.4 Å². The standard InChI is InChI=1S/C54H96O6/c1-4-7-10-13-16-19-22-25-27-30-32-35-38-41-44-47-53(56)59-50-51(49-58-52(55)46-43-40-37-34-31-28-24-21-18-15-12-9-6-3)60-54(57)48-45-42-39-36-33-29-26-23-20-17-14-11-8-5-2/h12,15,21,23-27,51H,4-11,13-14,16-20,22,28-50H2,1-3H3/b15-12-,24-21-,26-23-,27-25-. The predicted molar refractivity (Wildman–Crippen MR) is 256 cm³/mol. The largest absolute Gasteiger partial charge is 0.462 e. The summed E-state index contributed by atoms with van der Waals surface area (Å²) in [6.45, 7) is 6.54. The van der Waals surface area contributed by atoms with Crippen molar-refractivity contribution in [2.45, 2.75) is 264 Å². The Hall–Kier alpha value is -2.63. The summed E-state index contributed by atoms with van der Waals surface area (Å²) in [5, 5.41) is 0. The van der Waals surface area contributed by atoms with E-state index in [1.807, 2.05) is 0 Å². The number of hydrogen-bond acceptors (Lipinski definition) is 6. The van der Waals surface area contributed by atoms with Crippen molar-refractivity contribution in [2.24, 2.45) is 0 Å². The van der Waals surface area contributed by atoms with Gasteiger partial charge >= 0.3 is 17.9 Å². The van der Waals surface area contributed by atoms with Crippen LogP contribution in [0, 0.1) is 0 Å². The minimum atomic E-state index is -0.784. The molecule has 60 heavy (non-hydrogen) atoms. The zero-order chi connectivity index (χ0) is 43.7. The highest BCUT2D eigenvalue weighted by atomic mass is 16.6. The van der Waals surface area contributed by atoms with E-state index in [2.05, 4.69) is 69.4 Å². The van der Waals surface area contributed by atoms with Crippen LogP contribution in [-0.2, 0) is 28.6 Å². The number of carbonyl (C=O) groups is 3. The first-order valence-electron chi connectivity index (χ1n) is 25.6. The minimum Gasteiger partial charge on any atom is -0.462 e. The molecule has 0 radical (unpaired) electrons. The Labute approximate surface area is 371 Å². The molecule has 6 heteroatoms. The fraction of sp³-hybridized carbons (Fsp3) is 0.796. The van der Waals surface area contributed by atoms with Gasteiger partial charge in [-0.1, -0.05) is 191 Å². The molecule has 0 rings (SSSR count). The first-order valence-corrected chi connectivity index (χ1v) is 25.6. The summed E-state index contributed by atoms with van der Waals surface area (Å²) in [4.78, 5) is 37.9. The monoisotopic (exact) mass is 841 g/mol. The molecule has 0 heterocycles. The Morgan fingerprint density at radius 3 is 1.00 bits per heavy atom. The lowest BCUT2D eigenvalue weighted by Gasteiger charge is -2.18. The maximum Gasteiger partial charge on any atom is 0.306 e. The van der Waals surface area contributed by atoms with Crippen molar-refractivity contribution in [1.82, 2.24) is 0 Å². The predicted octanol–water partition coefficient (Wildman–Crippen LogP) is 16.7. The van der Waals surface area contributed by atoms with Crippen LogP contribution in [0.2, 0.25) is 0 Å². The Kier molecular flexibility index (Phi) is 46.9. The summed E-state index contributed by atoms with van der Waals surface area (Å²) in [6.07, 6.45) is 58.0. The van der Waals surface area contributed by atoms with Crippen molar-refractivity contribution in [3.05, 3.63) is 48.6 Å². The number of unbranched alkanes of at least 4 members (excludes halogenated alkanes) is 27. The highest BCUT2D eigenvalue weighted by Gasteiger charge is 2.19. The molecular weight excluding hydrogens is 745 g/mol. The molecule has 0 saturated heterocycles. The molecule has 0 aliphatic carbocycles. The van der Waals surface area contributed by atoms with E-state index >= 15 is 0 Å². The van der Waals surface area contributed by atoms with Crippen molar-refractivity contribution >= 4 is 17.9 Å². The summed E-state index contributed by atoms with van der Waals surface area (Å²) in [6, 6.07) is 0. The van der Waals surface area contributed by atoms with Crippen LogP contribution in [0.5, 0.6) is 0 Å². The first-order chi connectivity index (χ1) is 29.5. The van der Waals surface area contributed by atoms with Crippen LogP contribution in [0.3, 0.4) is 0 Å². The Bertz CT molecular complexity index is 1060. The fourth-order valence-electron chi connectivity index (χ4n) is 7.12. The van der Waals surface area contributed by atoms with E-state index in [4.69, 9.17) is 14.2 Å². The van der Waals surface area contributed by atoms with Gasteiger partial charge in [0, 0.05) is 19.3 Å². The van der Waals surface area contributed by atoms with E-state index in [9.17, 15) is 14.4 Å². The third kappa shape index (κ3) is 46.4. The normalized spacial score (nSPS) is 12.4. The number of hydrogen-bond donors (Lipinski definition) is 0. The Morgan fingerprint density at radius 2 is 0.633 bits per heavy atom. The first kappa shape index (κ1) is 57.4. The molecule has 0 bridgehead atoms. The quantitative estimate of drug-likeness (QED) is 0.0263. The highest BCUT2D eigenvalue weighted by molar-refractivity contribution is 5.71. The zero-order valence-corrected chi connectivity index (χ0v) is 39.7. The minimum absolute atomic E-state index is 0.0847. The van der Waals surface area contributed by atoms with Crippen LogP contribution in [0.4, 0.5) is 0 Å².